The zero-order valence-corrected chi connectivity index (χ0v) is 16.6. The average Bonchev–Trinajstić information content (AvgIpc) is 3.23. The Kier molecular flexibility index (Phi) is 5.34. The Morgan fingerprint density at radius 3 is 2.38 bits per heavy atom. The first-order valence-corrected chi connectivity index (χ1v) is 10.9. The molecule has 0 amide bonds. The fourth-order valence-electron chi connectivity index (χ4n) is 3.31. The number of methoxy groups -OCH3 is 1. The smallest absolute Gasteiger partial charge is 0.250 e. The van der Waals surface area contributed by atoms with Crippen LogP contribution in [0.1, 0.15) is 31.2 Å². The number of nitrogens with one attached hydrogen (secondary N) is 1. The van der Waals surface area contributed by atoms with Crippen LogP contribution in [-0.4, -0.2) is 22.1 Å². The molecule has 4 nitrogen and oxygen atoms in total. The summed E-state index contributed by atoms with van der Waals surface area (Å²) in [6, 6.07) is 11.4. The lowest BCUT2D eigenvalue weighted by Crippen LogP contribution is -2.38. The van der Waals surface area contributed by atoms with Crippen molar-refractivity contribution < 1.29 is 13.2 Å². The molecule has 0 aliphatic heterocycles. The molecule has 130 valence electrons. The summed E-state index contributed by atoms with van der Waals surface area (Å²) in [5.74, 6) is 0.816. The van der Waals surface area contributed by atoms with Gasteiger partial charge in [-0.05, 0) is 58.6 Å². The van der Waals surface area contributed by atoms with E-state index in [9.17, 15) is 8.42 Å². The molecule has 2 aromatic rings. The van der Waals surface area contributed by atoms with Crippen LogP contribution in [0.2, 0.25) is 0 Å². The zero-order chi connectivity index (χ0) is 17.2. The van der Waals surface area contributed by atoms with Crippen LogP contribution in [0.3, 0.4) is 0 Å². The fraction of sp³-hybridized carbons (Fsp3) is 0.412. The maximum Gasteiger partial charge on any atom is 0.250 e. The zero-order valence-electron chi connectivity index (χ0n) is 13.4. The molecule has 7 heteroatoms. The molecule has 1 N–H and O–H groups in total. The third kappa shape index (κ3) is 3.69. The van der Waals surface area contributed by atoms with Crippen LogP contribution in [-0.2, 0) is 15.4 Å². The molecule has 1 aromatic carbocycles. The summed E-state index contributed by atoms with van der Waals surface area (Å²) in [6.45, 7) is 0.428. The van der Waals surface area contributed by atoms with Gasteiger partial charge in [0.05, 0.1) is 10.9 Å². The number of ether oxygens (including phenoxy) is 1. The van der Waals surface area contributed by atoms with E-state index in [1.807, 2.05) is 12.1 Å². The van der Waals surface area contributed by atoms with Crippen LogP contribution in [0.25, 0.3) is 0 Å². The van der Waals surface area contributed by atoms with Gasteiger partial charge in [-0.1, -0.05) is 25.0 Å². The second-order valence-electron chi connectivity index (χ2n) is 6.10. The average molecular weight is 430 g/mol. The van der Waals surface area contributed by atoms with Crippen LogP contribution < -0.4 is 9.46 Å². The van der Waals surface area contributed by atoms with Gasteiger partial charge in [-0.3, -0.25) is 0 Å². The molecule has 0 atom stereocenters. The molecule has 0 unspecified atom stereocenters. The predicted molar refractivity (Wildman–Crippen MR) is 100 cm³/mol. The maximum absolute atomic E-state index is 12.5. The normalized spacial score (nSPS) is 17.1. The van der Waals surface area contributed by atoms with Crippen LogP contribution in [0, 0.1) is 0 Å². The molecular formula is C17H20BrNO3S2. The summed E-state index contributed by atoms with van der Waals surface area (Å²) in [4.78, 5) is 0. The highest BCUT2D eigenvalue weighted by Crippen LogP contribution is 2.41. The van der Waals surface area contributed by atoms with Crippen molar-refractivity contribution in [1.82, 2.24) is 4.72 Å². The van der Waals surface area contributed by atoms with Crippen LogP contribution in [0.4, 0.5) is 0 Å². The third-order valence-electron chi connectivity index (χ3n) is 4.68. The van der Waals surface area contributed by atoms with E-state index < -0.39 is 10.0 Å². The minimum Gasteiger partial charge on any atom is -0.497 e. The van der Waals surface area contributed by atoms with Crippen molar-refractivity contribution in [2.24, 2.45) is 0 Å². The standard InChI is InChI=1S/C17H20BrNO3S2/c1-22-14-6-4-13(5-7-14)17(10-2-3-11-17)12-19-24(20,21)16-9-8-15(18)23-16/h4-9,19H,2-3,10-12H2,1H3. The second-order valence-corrected chi connectivity index (χ2v) is 10.6. The molecule has 1 heterocycles. The summed E-state index contributed by atoms with van der Waals surface area (Å²) in [5, 5.41) is 0. The molecule has 0 bridgehead atoms. The van der Waals surface area contributed by atoms with Gasteiger partial charge in [-0.2, -0.15) is 0 Å². The number of halogens is 1. The SMILES string of the molecule is COc1ccc(C2(CNS(=O)(=O)c3ccc(Br)s3)CCCC2)cc1. The monoisotopic (exact) mass is 429 g/mol. The van der Waals surface area contributed by atoms with Crippen molar-refractivity contribution in [2.75, 3.05) is 13.7 Å². The number of benzene rings is 1. The predicted octanol–water partition coefficient (Wildman–Crippen LogP) is 4.31. The van der Waals surface area contributed by atoms with Gasteiger partial charge in [0, 0.05) is 12.0 Å². The van der Waals surface area contributed by atoms with Gasteiger partial charge in [0.25, 0.3) is 0 Å². The van der Waals surface area contributed by atoms with Crippen LogP contribution in [0.5, 0.6) is 5.75 Å². The van der Waals surface area contributed by atoms with Crippen molar-refractivity contribution in [2.45, 2.75) is 35.3 Å². The Morgan fingerprint density at radius 1 is 1.17 bits per heavy atom. The largest absolute Gasteiger partial charge is 0.497 e. The van der Waals surface area contributed by atoms with Gasteiger partial charge in [-0.25, -0.2) is 13.1 Å². The van der Waals surface area contributed by atoms with Crippen LogP contribution >= 0.6 is 27.3 Å². The summed E-state index contributed by atoms with van der Waals surface area (Å²) >= 11 is 4.54. The van der Waals surface area contributed by atoms with Crippen LogP contribution in [0.15, 0.2) is 44.4 Å². The van der Waals surface area contributed by atoms with E-state index in [-0.39, 0.29) is 5.41 Å². The van der Waals surface area contributed by atoms with E-state index in [1.165, 1.54) is 16.9 Å². The van der Waals surface area contributed by atoms with Crippen molar-refractivity contribution in [3.05, 3.63) is 45.7 Å². The number of hydrogen-bond acceptors (Lipinski definition) is 4. The van der Waals surface area contributed by atoms with E-state index in [4.69, 9.17) is 4.74 Å². The molecule has 1 aromatic heterocycles. The Bertz CT molecular complexity index is 793. The molecule has 0 radical (unpaired) electrons. The summed E-state index contributed by atoms with van der Waals surface area (Å²) in [5.41, 5.74) is 1.05. The van der Waals surface area contributed by atoms with Crippen molar-refractivity contribution in [3.63, 3.8) is 0 Å². The van der Waals surface area contributed by atoms with Crippen molar-refractivity contribution in [3.8, 4) is 5.75 Å². The van der Waals surface area contributed by atoms with E-state index in [1.54, 1.807) is 19.2 Å². The van der Waals surface area contributed by atoms with Crippen molar-refractivity contribution in [1.29, 1.82) is 0 Å². The van der Waals surface area contributed by atoms with Gasteiger partial charge in [0.15, 0.2) is 0 Å². The number of rotatable bonds is 6. The molecule has 1 aliphatic carbocycles. The topological polar surface area (TPSA) is 55.4 Å². The Balaban J connectivity index is 1.81. The van der Waals surface area contributed by atoms with Gasteiger partial charge >= 0.3 is 0 Å². The highest BCUT2D eigenvalue weighted by molar-refractivity contribution is 9.11. The summed E-state index contributed by atoms with van der Waals surface area (Å²) < 4.78 is 34.3. The van der Waals surface area contributed by atoms with E-state index in [0.29, 0.717) is 10.8 Å². The second kappa shape index (κ2) is 7.15. The first kappa shape index (κ1) is 17.9. The van der Waals surface area contributed by atoms with Gasteiger partial charge in [0.2, 0.25) is 10.0 Å². The molecule has 24 heavy (non-hydrogen) atoms. The Morgan fingerprint density at radius 2 is 1.83 bits per heavy atom. The van der Waals surface area contributed by atoms with Gasteiger partial charge < -0.3 is 4.74 Å². The maximum atomic E-state index is 12.5. The van der Waals surface area contributed by atoms with Crippen molar-refractivity contribution >= 4 is 37.3 Å². The van der Waals surface area contributed by atoms with Gasteiger partial charge in [-0.15, -0.1) is 11.3 Å². The van der Waals surface area contributed by atoms with E-state index in [0.717, 1.165) is 35.2 Å². The van der Waals surface area contributed by atoms with E-state index in [2.05, 4.69) is 32.8 Å². The molecule has 0 saturated heterocycles. The molecule has 1 saturated carbocycles. The Labute approximate surface area is 155 Å². The minimum absolute atomic E-state index is 0.131. The quantitative estimate of drug-likeness (QED) is 0.743. The number of thiophene rings is 1. The summed E-state index contributed by atoms with van der Waals surface area (Å²) in [6.07, 6.45) is 4.24. The lowest BCUT2D eigenvalue weighted by molar-refractivity contribution is 0.410. The lowest BCUT2D eigenvalue weighted by Gasteiger charge is -2.30. The summed E-state index contributed by atoms with van der Waals surface area (Å²) in [7, 11) is -1.83. The third-order valence-corrected chi connectivity index (χ3v) is 8.19. The molecule has 1 aliphatic rings. The first-order chi connectivity index (χ1) is 11.5. The molecule has 0 spiro atoms. The highest BCUT2D eigenvalue weighted by Gasteiger charge is 2.37. The lowest BCUT2D eigenvalue weighted by atomic mass is 9.79. The highest BCUT2D eigenvalue weighted by atomic mass is 79.9. The molecule has 1 fully saturated rings. The number of hydrogen-bond donors (Lipinski definition) is 1. The first-order valence-electron chi connectivity index (χ1n) is 7.85. The molecule has 3 rings (SSSR count). The van der Waals surface area contributed by atoms with Gasteiger partial charge in [0.1, 0.15) is 9.96 Å². The molecular weight excluding hydrogens is 410 g/mol. The fourth-order valence-corrected chi connectivity index (χ4v) is 6.49. The Hall–Kier alpha value is -0.890. The minimum atomic E-state index is -3.47. The number of sulfonamides is 1. The van der Waals surface area contributed by atoms with E-state index >= 15 is 0 Å².